The number of amides is 1. The molecule has 0 aromatic heterocycles. The molecule has 4 rings (SSSR count). The first-order valence-electron chi connectivity index (χ1n) is 11.6. The highest BCUT2D eigenvalue weighted by molar-refractivity contribution is 5.94. The van der Waals surface area contributed by atoms with E-state index in [4.69, 9.17) is 4.74 Å². The van der Waals surface area contributed by atoms with E-state index in [1.165, 1.54) is 37.1 Å². The van der Waals surface area contributed by atoms with Crippen molar-refractivity contribution < 1.29 is 9.53 Å². The molecule has 0 saturated carbocycles. The van der Waals surface area contributed by atoms with Crippen molar-refractivity contribution in [2.24, 2.45) is 5.92 Å². The first-order valence-corrected chi connectivity index (χ1v) is 11.6. The van der Waals surface area contributed by atoms with Crippen LogP contribution in [0, 0.1) is 5.92 Å². The van der Waals surface area contributed by atoms with Crippen molar-refractivity contribution in [3.8, 4) is 0 Å². The summed E-state index contributed by atoms with van der Waals surface area (Å²) >= 11 is 0. The van der Waals surface area contributed by atoms with Gasteiger partial charge in [0.25, 0.3) is 5.91 Å². The first-order chi connectivity index (χ1) is 15.2. The maximum absolute atomic E-state index is 12.7. The number of nitrogens with one attached hydrogen (secondary N) is 1. The fourth-order valence-electron chi connectivity index (χ4n) is 4.35. The number of likely N-dealkylation sites (tertiary alicyclic amines) is 1. The third-order valence-corrected chi connectivity index (χ3v) is 6.46. The van der Waals surface area contributed by atoms with Crippen LogP contribution < -0.4 is 5.32 Å². The predicted octanol–water partition coefficient (Wildman–Crippen LogP) is 3.68. The van der Waals surface area contributed by atoms with Gasteiger partial charge in [0.05, 0.1) is 13.2 Å². The minimum absolute atomic E-state index is 0.0182. The van der Waals surface area contributed by atoms with Gasteiger partial charge >= 0.3 is 0 Å². The van der Waals surface area contributed by atoms with Crippen molar-refractivity contribution in [1.29, 1.82) is 0 Å². The van der Waals surface area contributed by atoms with Gasteiger partial charge in [0.15, 0.2) is 0 Å². The molecule has 0 radical (unpaired) electrons. The molecule has 2 aromatic carbocycles. The number of hydrogen-bond donors (Lipinski definition) is 1. The first kappa shape index (κ1) is 22.0. The zero-order valence-electron chi connectivity index (χ0n) is 18.7. The minimum atomic E-state index is -0.0182. The van der Waals surface area contributed by atoms with Gasteiger partial charge in [-0.15, -0.1) is 0 Å². The van der Waals surface area contributed by atoms with Gasteiger partial charge in [-0.05, 0) is 60.7 Å². The molecule has 31 heavy (non-hydrogen) atoms. The molecule has 0 bridgehead atoms. The largest absolute Gasteiger partial charge is 0.379 e. The van der Waals surface area contributed by atoms with E-state index in [2.05, 4.69) is 52.4 Å². The molecule has 2 aliphatic rings. The molecule has 2 aliphatic heterocycles. The molecule has 2 fully saturated rings. The number of benzene rings is 2. The van der Waals surface area contributed by atoms with E-state index in [1.54, 1.807) is 0 Å². The average molecular weight is 422 g/mol. The van der Waals surface area contributed by atoms with Crippen LogP contribution in [0.25, 0.3) is 0 Å². The van der Waals surface area contributed by atoms with Crippen LogP contribution in [0.4, 0.5) is 0 Å². The molecule has 0 aliphatic carbocycles. The Bertz CT molecular complexity index is 838. The Morgan fingerprint density at radius 1 is 0.903 bits per heavy atom. The van der Waals surface area contributed by atoms with E-state index < -0.39 is 0 Å². The van der Waals surface area contributed by atoms with Crippen molar-refractivity contribution in [3.05, 3.63) is 70.8 Å². The van der Waals surface area contributed by atoms with Crippen molar-refractivity contribution in [2.75, 3.05) is 39.4 Å². The second-order valence-corrected chi connectivity index (χ2v) is 9.05. The molecule has 0 spiro atoms. The Balaban J connectivity index is 1.26. The quantitative estimate of drug-likeness (QED) is 0.741. The summed E-state index contributed by atoms with van der Waals surface area (Å²) in [5.74, 6) is 0.845. The smallest absolute Gasteiger partial charge is 0.251 e. The summed E-state index contributed by atoms with van der Waals surface area (Å²) < 4.78 is 5.41. The van der Waals surface area contributed by atoms with Crippen LogP contribution in [0.2, 0.25) is 0 Å². The number of carbonyl (C=O) groups excluding carboxylic acids is 1. The Kier molecular flexibility index (Phi) is 7.73. The number of piperidine rings is 1. The van der Waals surface area contributed by atoms with E-state index in [9.17, 15) is 4.79 Å². The number of ether oxygens (including phenoxy) is 1. The predicted molar refractivity (Wildman–Crippen MR) is 124 cm³/mol. The molecule has 0 atom stereocenters. The molecule has 2 saturated heterocycles. The van der Waals surface area contributed by atoms with Crippen LogP contribution in [0.3, 0.4) is 0 Å². The number of hydrogen-bond acceptors (Lipinski definition) is 4. The van der Waals surface area contributed by atoms with Crippen molar-refractivity contribution in [3.63, 3.8) is 0 Å². The normalized spacial score (nSPS) is 18.7. The van der Waals surface area contributed by atoms with E-state index in [0.29, 0.717) is 6.54 Å². The van der Waals surface area contributed by atoms with Gasteiger partial charge in [0.2, 0.25) is 0 Å². The van der Waals surface area contributed by atoms with E-state index in [1.807, 2.05) is 18.2 Å². The number of morpholine rings is 1. The summed E-state index contributed by atoms with van der Waals surface area (Å²) in [7, 11) is 0. The van der Waals surface area contributed by atoms with Crippen LogP contribution in [0.1, 0.15) is 46.8 Å². The van der Waals surface area contributed by atoms with Crippen LogP contribution in [-0.4, -0.2) is 55.1 Å². The third kappa shape index (κ3) is 6.63. The number of nitrogens with zero attached hydrogens (tertiary/aromatic N) is 2. The maximum atomic E-state index is 12.7. The van der Waals surface area contributed by atoms with E-state index in [-0.39, 0.29) is 5.91 Å². The topological polar surface area (TPSA) is 44.8 Å². The van der Waals surface area contributed by atoms with E-state index >= 15 is 0 Å². The standard InChI is InChI=1S/C26H35N3O2/c1-21-9-11-28(12-10-21)19-23-7-5-22(6-8-23)18-27-26(30)25-4-2-3-24(17-25)20-29-13-15-31-16-14-29/h2-8,17,21H,9-16,18-20H2,1H3,(H,27,30). The summed E-state index contributed by atoms with van der Waals surface area (Å²) in [6.45, 7) is 10.7. The van der Waals surface area contributed by atoms with Crippen molar-refractivity contribution >= 4 is 5.91 Å². The number of carbonyl (C=O) groups is 1. The SMILES string of the molecule is CC1CCN(Cc2ccc(CNC(=O)c3cccc(CN4CCOCC4)c3)cc2)CC1. The molecular formula is C26H35N3O2. The summed E-state index contributed by atoms with van der Waals surface area (Å²) in [6.07, 6.45) is 2.61. The van der Waals surface area contributed by atoms with Gasteiger partial charge in [-0.25, -0.2) is 0 Å². The molecular weight excluding hydrogens is 386 g/mol. The highest BCUT2D eigenvalue weighted by atomic mass is 16.5. The fourth-order valence-corrected chi connectivity index (χ4v) is 4.35. The lowest BCUT2D eigenvalue weighted by Crippen LogP contribution is -2.35. The van der Waals surface area contributed by atoms with Gasteiger partial charge < -0.3 is 10.1 Å². The molecule has 1 N–H and O–H groups in total. The molecule has 166 valence electrons. The van der Waals surface area contributed by atoms with Crippen LogP contribution in [0.15, 0.2) is 48.5 Å². The van der Waals surface area contributed by atoms with Gasteiger partial charge in [-0.1, -0.05) is 43.3 Å². The zero-order valence-corrected chi connectivity index (χ0v) is 18.7. The average Bonchev–Trinajstić information content (AvgIpc) is 2.81. The fraction of sp³-hybridized carbons (Fsp3) is 0.500. The Morgan fingerprint density at radius 3 is 2.29 bits per heavy atom. The highest BCUT2D eigenvalue weighted by Gasteiger charge is 2.16. The summed E-state index contributed by atoms with van der Waals surface area (Å²) in [5.41, 5.74) is 4.38. The lowest BCUT2D eigenvalue weighted by atomic mass is 9.99. The summed E-state index contributed by atoms with van der Waals surface area (Å²) in [4.78, 5) is 17.6. The third-order valence-electron chi connectivity index (χ3n) is 6.46. The summed E-state index contributed by atoms with van der Waals surface area (Å²) in [6, 6.07) is 16.6. The molecule has 2 heterocycles. The number of rotatable bonds is 7. The lowest BCUT2D eigenvalue weighted by Gasteiger charge is -2.30. The Hall–Kier alpha value is -2.21. The molecule has 1 amide bonds. The minimum Gasteiger partial charge on any atom is -0.379 e. The van der Waals surface area contributed by atoms with Crippen LogP contribution in [0.5, 0.6) is 0 Å². The molecule has 5 heteroatoms. The van der Waals surface area contributed by atoms with Gasteiger partial charge in [0.1, 0.15) is 0 Å². The van der Waals surface area contributed by atoms with Gasteiger partial charge in [-0.3, -0.25) is 14.6 Å². The monoisotopic (exact) mass is 421 g/mol. The molecule has 5 nitrogen and oxygen atoms in total. The maximum Gasteiger partial charge on any atom is 0.251 e. The van der Waals surface area contributed by atoms with Crippen LogP contribution in [-0.2, 0) is 24.4 Å². The summed E-state index contributed by atoms with van der Waals surface area (Å²) in [5, 5.41) is 3.07. The molecule has 0 unspecified atom stereocenters. The Labute approximate surface area is 186 Å². The Morgan fingerprint density at radius 2 is 1.55 bits per heavy atom. The second-order valence-electron chi connectivity index (χ2n) is 9.05. The molecule has 2 aromatic rings. The lowest BCUT2D eigenvalue weighted by molar-refractivity contribution is 0.0342. The van der Waals surface area contributed by atoms with Crippen molar-refractivity contribution in [2.45, 2.75) is 39.4 Å². The second kappa shape index (κ2) is 10.9. The van der Waals surface area contributed by atoms with E-state index in [0.717, 1.165) is 56.4 Å². The van der Waals surface area contributed by atoms with Gasteiger partial charge in [-0.2, -0.15) is 0 Å². The zero-order chi connectivity index (χ0) is 21.5. The van der Waals surface area contributed by atoms with Crippen molar-refractivity contribution in [1.82, 2.24) is 15.1 Å². The van der Waals surface area contributed by atoms with Crippen LogP contribution >= 0.6 is 0 Å². The highest BCUT2D eigenvalue weighted by Crippen LogP contribution is 2.18. The van der Waals surface area contributed by atoms with Gasteiger partial charge in [0, 0.05) is 38.3 Å².